The van der Waals surface area contributed by atoms with Crippen LogP contribution in [0.1, 0.15) is 5.56 Å². The maximum absolute atomic E-state index is 15.1. The highest BCUT2D eigenvalue weighted by Crippen LogP contribution is 2.33. The SMILES string of the molecule is CN(Cc1cn(S(=O)(=O)c2cccs2)c(-c2cccnc2F)c1F)C(=O)O. The van der Waals surface area contributed by atoms with E-state index in [-0.39, 0.29) is 15.3 Å². The van der Waals surface area contributed by atoms with Gasteiger partial charge in [0, 0.05) is 25.0 Å². The second-order valence-electron chi connectivity index (χ2n) is 5.53. The van der Waals surface area contributed by atoms with E-state index in [2.05, 4.69) is 4.98 Å². The molecule has 0 unspecified atom stereocenters. The maximum atomic E-state index is 15.1. The molecule has 3 aromatic rings. The van der Waals surface area contributed by atoms with E-state index in [9.17, 15) is 17.6 Å². The maximum Gasteiger partial charge on any atom is 0.407 e. The molecule has 0 saturated carbocycles. The molecular weight excluding hydrogens is 400 g/mol. The van der Waals surface area contributed by atoms with Crippen molar-refractivity contribution in [1.82, 2.24) is 13.9 Å². The monoisotopic (exact) mass is 413 g/mol. The molecule has 11 heteroatoms. The Labute approximate surface area is 157 Å². The summed E-state index contributed by atoms with van der Waals surface area (Å²) in [6.45, 7) is -0.414. The van der Waals surface area contributed by atoms with E-state index in [4.69, 9.17) is 5.11 Å². The van der Waals surface area contributed by atoms with E-state index in [0.717, 1.165) is 28.6 Å². The van der Waals surface area contributed by atoms with Gasteiger partial charge in [0.2, 0.25) is 5.95 Å². The zero-order valence-electron chi connectivity index (χ0n) is 13.8. The molecule has 0 radical (unpaired) electrons. The topological polar surface area (TPSA) is 92.5 Å². The van der Waals surface area contributed by atoms with Gasteiger partial charge < -0.3 is 10.0 Å². The first-order valence-corrected chi connectivity index (χ1v) is 9.79. The van der Waals surface area contributed by atoms with Crippen LogP contribution >= 0.6 is 11.3 Å². The first-order chi connectivity index (χ1) is 12.7. The molecule has 0 spiro atoms. The summed E-state index contributed by atoms with van der Waals surface area (Å²) in [5, 5.41) is 10.5. The molecule has 0 aromatic carbocycles. The smallest absolute Gasteiger partial charge is 0.407 e. The minimum atomic E-state index is -4.21. The Morgan fingerprint density at radius 3 is 2.67 bits per heavy atom. The van der Waals surface area contributed by atoms with Crippen LogP contribution in [-0.2, 0) is 16.6 Å². The van der Waals surface area contributed by atoms with Gasteiger partial charge in [-0.25, -0.2) is 18.1 Å². The van der Waals surface area contributed by atoms with Crippen molar-refractivity contribution in [3.8, 4) is 11.3 Å². The van der Waals surface area contributed by atoms with E-state index in [0.29, 0.717) is 3.97 Å². The fraction of sp³-hybridized carbons (Fsp3) is 0.125. The van der Waals surface area contributed by atoms with Crippen molar-refractivity contribution in [1.29, 1.82) is 0 Å². The summed E-state index contributed by atoms with van der Waals surface area (Å²) in [5.41, 5.74) is -1.10. The molecule has 0 atom stereocenters. The predicted octanol–water partition coefficient (Wildman–Crippen LogP) is 3.24. The molecule has 142 valence electrons. The lowest BCUT2D eigenvalue weighted by molar-refractivity contribution is 0.153. The zero-order valence-corrected chi connectivity index (χ0v) is 15.5. The highest BCUT2D eigenvalue weighted by molar-refractivity contribution is 7.92. The number of aromatic nitrogens is 2. The van der Waals surface area contributed by atoms with Gasteiger partial charge in [-0.3, -0.25) is 0 Å². The lowest BCUT2D eigenvalue weighted by atomic mass is 10.2. The van der Waals surface area contributed by atoms with Gasteiger partial charge in [0.1, 0.15) is 9.90 Å². The highest BCUT2D eigenvalue weighted by atomic mass is 32.2. The van der Waals surface area contributed by atoms with Crippen LogP contribution in [0.4, 0.5) is 13.6 Å². The van der Waals surface area contributed by atoms with Crippen molar-refractivity contribution in [2.24, 2.45) is 0 Å². The van der Waals surface area contributed by atoms with Gasteiger partial charge in [0.25, 0.3) is 10.0 Å². The lowest BCUT2D eigenvalue weighted by Crippen LogP contribution is -2.24. The molecule has 0 bridgehead atoms. The molecule has 3 rings (SSSR count). The molecule has 3 aromatic heterocycles. The summed E-state index contributed by atoms with van der Waals surface area (Å²) in [6.07, 6.45) is 0.792. The fourth-order valence-electron chi connectivity index (χ4n) is 2.44. The van der Waals surface area contributed by atoms with Gasteiger partial charge in [-0.05, 0) is 23.6 Å². The van der Waals surface area contributed by atoms with Crippen molar-refractivity contribution in [2.75, 3.05) is 7.05 Å². The number of nitrogens with zero attached hydrogens (tertiary/aromatic N) is 3. The van der Waals surface area contributed by atoms with Gasteiger partial charge in [-0.2, -0.15) is 12.8 Å². The Balaban J connectivity index is 2.26. The number of hydrogen-bond donors (Lipinski definition) is 1. The third-order valence-electron chi connectivity index (χ3n) is 3.74. The van der Waals surface area contributed by atoms with Crippen molar-refractivity contribution >= 4 is 27.5 Å². The highest BCUT2D eigenvalue weighted by Gasteiger charge is 2.29. The number of halogens is 2. The summed E-state index contributed by atoms with van der Waals surface area (Å²) in [6, 6.07) is 5.40. The number of carboxylic acid groups (broad SMARTS) is 1. The van der Waals surface area contributed by atoms with Gasteiger partial charge in [0.05, 0.1) is 12.1 Å². The van der Waals surface area contributed by atoms with Crippen LogP contribution in [0.25, 0.3) is 11.3 Å². The standard InChI is InChI=1S/C16H13F2N3O4S2/c1-20(16(22)23)8-10-9-21(27(24,25)12-5-3-7-26-12)14(13(10)17)11-4-2-6-19-15(11)18/h2-7,9H,8H2,1H3,(H,22,23). The first-order valence-electron chi connectivity index (χ1n) is 7.47. The third kappa shape index (κ3) is 3.43. The second-order valence-corrected chi connectivity index (χ2v) is 8.52. The van der Waals surface area contributed by atoms with Crippen molar-refractivity contribution in [3.05, 3.63) is 59.4 Å². The van der Waals surface area contributed by atoms with Crippen LogP contribution in [0.15, 0.2) is 46.2 Å². The van der Waals surface area contributed by atoms with Crippen LogP contribution in [0, 0.1) is 11.8 Å². The Bertz CT molecular complexity index is 1100. The minimum Gasteiger partial charge on any atom is -0.465 e. The van der Waals surface area contributed by atoms with Gasteiger partial charge in [-0.15, -0.1) is 11.3 Å². The van der Waals surface area contributed by atoms with E-state index in [1.54, 1.807) is 0 Å². The van der Waals surface area contributed by atoms with Crippen molar-refractivity contribution in [2.45, 2.75) is 10.8 Å². The summed E-state index contributed by atoms with van der Waals surface area (Å²) >= 11 is 0.922. The van der Waals surface area contributed by atoms with E-state index in [1.165, 1.54) is 36.7 Å². The van der Waals surface area contributed by atoms with Crippen LogP contribution in [0.2, 0.25) is 0 Å². The number of pyridine rings is 1. The molecular formula is C16H13F2N3O4S2. The van der Waals surface area contributed by atoms with E-state index in [1.807, 2.05) is 0 Å². The summed E-state index contributed by atoms with van der Waals surface area (Å²) < 4.78 is 55.6. The largest absolute Gasteiger partial charge is 0.465 e. The summed E-state index contributed by atoms with van der Waals surface area (Å²) in [5.74, 6) is -2.08. The van der Waals surface area contributed by atoms with Gasteiger partial charge in [0.15, 0.2) is 5.82 Å². The van der Waals surface area contributed by atoms with Crippen molar-refractivity contribution < 1.29 is 27.1 Å². The third-order valence-corrected chi connectivity index (χ3v) is 6.77. The van der Waals surface area contributed by atoms with E-state index < -0.39 is 40.1 Å². The molecule has 0 aliphatic heterocycles. The molecule has 0 aliphatic rings. The number of carbonyl (C=O) groups is 1. The molecule has 7 nitrogen and oxygen atoms in total. The number of thiophene rings is 1. The number of rotatable bonds is 5. The summed E-state index contributed by atoms with van der Waals surface area (Å²) in [4.78, 5) is 15.2. The van der Waals surface area contributed by atoms with Crippen LogP contribution in [-0.4, -0.2) is 40.5 Å². The van der Waals surface area contributed by atoms with Gasteiger partial charge >= 0.3 is 6.09 Å². The molecule has 27 heavy (non-hydrogen) atoms. The van der Waals surface area contributed by atoms with E-state index >= 15 is 4.39 Å². The van der Waals surface area contributed by atoms with Crippen LogP contribution in [0.3, 0.4) is 0 Å². The Hall–Kier alpha value is -2.79. The normalized spacial score (nSPS) is 11.5. The molecule has 3 heterocycles. The Morgan fingerprint density at radius 1 is 1.33 bits per heavy atom. The predicted molar refractivity (Wildman–Crippen MR) is 94.0 cm³/mol. The number of hydrogen-bond acceptors (Lipinski definition) is 5. The van der Waals surface area contributed by atoms with Crippen LogP contribution < -0.4 is 0 Å². The lowest BCUT2D eigenvalue weighted by Gasteiger charge is -2.11. The minimum absolute atomic E-state index is 0.0683. The molecule has 0 aliphatic carbocycles. The fourth-order valence-corrected chi connectivity index (χ4v) is 4.91. The average molecular weight is 413 g/mol. The molecule has 0 fully saturated rings. The molecule has 1 N–H and O–H groups in total. The zero-order chi connectivity index (χ0) is 19.8. The Morgan fingerprint density at radius 2 is 2.07 bits per heavy atom. The van der Waals surface area contributed by atoms with Gasteiger partial charge in [-0.1, -0.05) is 6.07 Å². The molecule has 0 saturated heterocycles. The average Bonchev–Trinajstić information content (AvgIpc) is 3.25. The van der Waals surface area contributed by atoms with Crippen LogP contribution in [0.5, 0.6) is 0 Å². The first kappa shape index (κ1) is 19.0. The number of amides is 1. The quantitative estimate of drug-likeness (QED) is 0.649. The van der Waals surface area contributed by atoms with Crippen molar-refractivity contribution in [3.63, 3.8) is 0 Å². The molecule has 1 amide bonds. The second kappa shape index (κ2) is 7.08. The summed E-state index contributed by atoms with van der Waals surface area (Å²) in [7, 11) is -3.01. The Kier molecular flexibility index (Phi) is 4.98.